The van der Waals surface area contributed by atoms with Crippen molar-refractivity contribution in [3.63, 3.8) is 0 Å². The molecule has 0 amide bonds. The van der Waals surface area contributed by atoms with Gasteiger partial charge in [-0.05, 0) is 69.2 Å². The van der Waals surface area contributed by atoms with Crippen molar-refractivity contribution in [2.24, 2.45) is 5.41 Å². The van der Waals surface area contributed by atoms with E-state index in [1.165, 1.54) is 18.2 Å². The predicted molar refractivity (Wildman–Crippen MR) is 80.3 cm³/mol. The number of benzene rings is 1. The lowest BCUT2D eigenvalue weighted by molar-refractivity contribution is 0.0117. The zero-order valence-corrected chi connectivity index (χ0v) is 13.1. The average molecular weight is 297 g/mol. The van der Waals surface area contributed by atoms with Gasteiger partial charge in [-0.25, -0.2) is 8.78 Å². The fraction of sp³-hybridized carbons (Fsp3) is 0.647. The van der Waals surface area contributed by atoms with E-state index in [-0.39, 0.29) is 22.6 Å². The number of ether oxygens (including phenoxy) is 1. The summed E-state index contributed by atoms with van der Waals surface area (Å²) in [6.45, 7) is 8.50. The van der Waals surface area contributed by atoms with Crippen molar-refractivity contribution in [1.82, 2.24) is 5.32 Å². The summed E-state index contributed by atoms with van der Waals surface area (Å²) in [4.78, 5) is 0. The lowest BCUT2D eigenvalue weighted by Gasteiger charge is -2.40. The molecule has 0 spiro atoms. The monoisotopic (exact) mass is 297 g/mol. The molecular formula is C17H25F2NO. The lowest BCUT2D eigenvalue weighted by atomic mass is 9.74. The molecule has 1 saturated heterocycles. The Balaban J connectivity index is 2.17. The van der Waals surface area contributed by atoms with E-state index in [2.05, 4.69) is 26.1 Å². The Morgan fingerprint density at radius 1 is 1.19 bits per heavy atom. The van der Waals surface area contributed by atoms with E-state index in [1.54, 1.807) is 0 Å². The Morgan fingerprint density at radius 3 is 2.48 bits per heavy atom. The highest BCUT2D eigenvalue weighted by molar-refractivity contribution is 5.20. The van der Waals surface area contributed by atoms with Gasteiger partial charge in [-0.1, -0.05) is 0 Å². The van der Waals surface area contributed by atoms with Gasteiger partial charge in [-0.15, -0.1) is 0 Å². The minimum absolute atomic E-state index is 0.00574. The zero-order valence-electron chi connectivity index (χ0n) is 13.1. The molecule has 1 aliphatic heterocycles. The van der Waals surface area contributed by atoms with Gasteiger partial charge in [-0.3, -0.25) is 0 Å². The summed E-state index contributed by atoms with van der Waals surface area (Å²) in [5.74, 6) is -0.699. The molecule has 2 rings (SSSR count). The molecule has 1 N–H and O–H groups in total. The fourth-order valence-corrected chi connectivity index (χ4v) is 2.76. The molecule has 21 heavy (non-hydrogen) atoms. The smallest absolute Gasteiger partial charge is 0.126 e. The van der Waals surface area contributed by atoms with Crippen molar-refractivity contribution in [2.75, 3.05) is 19.8 Å². The highest BCUT2D eigenvalue weighted by atomic mass is 19.1. The normalized spacial score (nSPS) is 18.7. The van der Waals surface area contributed by atoms with Gasteiger partial charge in [0, 0.05) is 25.3 Å². The van der Waals surface area contributed by atoms with Crippen molar-refractivity contribution in [1.29, 1.82) is 0 Å². The van der Waals surface area contributed by atoms with Crippen LogP contribution in [0.3, 0.4) is 0 Å². The Bertz CT molecular complexity index is 476. The van der Waals surface area contributed by atoms with Crippen LogP contribution in [0.4, 0.5) is 8.78 Å². The van der Waals surface area contributed by atoms with Crippen molar-refractivity contribution < 1.29 is 13.5 Å². The van der Waals surface area contributed by atoms with Gasteiger partial charge in [0.05, 0.1) is 0 Å². The van der Waals surface area contributed by atoms with Crippen LogP contribution in [0, 0.1) is 17.0 Å². The Kier molecular flexibility index (Phi) is 4.99. The molecule has 0 saturated carbocycles. The minimum atomic E-state index is -0.377. The molecule has 1 fully saturated rings. The summed E-state index contributed by atoms with van der Waals surface area (Å²) in [6.07, 6.45) is 2.28. The molecule has 0 unspecified atom stereocenters. The second-order valence-corrected chi connectivity index (χ2v) is 7.13. The van der Waals surface area contributed by atoms with Gasteiger partial charge >= 0.3 is 0 Å². The van der Waals surface area contributed by atoms with Crippen LogP contribution in [0.2, 0.25) is 0 Å². The summed E-state index contributed by atoms with van der Waals surface area (Å²) in [5, 5.41) is 3.51. The Labute approximate surface area is 125 Å². The largest absolute Gasteiger partial charge is 0.381 e. The van der Waals surface area contributed by atoms with Gasteiger partial charge < -0.3 is 10.1 Å². The molecule has 0 aromatic heterocycles. The second-order valence-electron chi connectivity index (χ2n) is 7.13. The van der Waals surface area contributed by atoms with Crippen molar-refractivity contribution in [2.45, 2.75) is 45.6 Å². The van der Waals surface area contributed by atoms with Gasteiger partial charge in [0.1, 0.15) is 11.6 Å². The first-order valence-corrected chi connectivity index (χ1v) is 7.56. The molecule has 1 aliphatic rings. The van der Waals surface area contributed by atoms with E-state index in [1.807, 2.05) is 0 Å². The van der Waals surface area contributed by atoms with Crippen LogP contribution in [0.1, 0.15) is 39.2 Å². The van der Waals surface area contributed by atoms with Crippen LogP contribution in [-0.2, 0) is 11.2 Å². The number of rotatable bonds is 4. The molecule has 0 radical (unpaired) electrons. The lowest BCUT2D eigenvalue weighted by Crippen LogP contribution is -2.47. The maximum Gasteiger partial charge on any atom is 0.126 e. The summed E-state index contributed by atoms with van der Waals surface area (Å²) in [5.41, 5.74) is 0.402. The first-order valence-electron chi connectivity index (χ1n) is 7.56. The van der Waals surface area contributed by atoms with Crippen molar-refractivity contribution >= 4 is 0 Å². The van der Waals surface area contributed by atoms with E-state index >= 15 is 0 Å². The number of hydrogen-bond donors (Lipinski definition) is 1. The number of hydrogen-bond acceptors (Lipinski definition) is 2. The summed E-state index contributed by atoms with van der Waals surface area (Å²) < 4.78 is 32.8. The summed E-state index contributed by atoms with van der Waals surface area (Å²) in [7, 11) is 0. The molecule has 2 nitrogen and oxygen atoms in total. The molecule has 0 aliphatic carbocycles. The van der Waals surface area contributed by atoms with E-state index < -0.39 is 0 Å². The van der Waals surface area contributed by atoms with Crippen LogP contribution in [-0.4, -0.2) is 25.3 Å². The predicted octanol–water partition coefficient (Wildman–Crippen LogP) is 3.69. The highest BCUT2D eigenvalue weighted by Gasteiger charge is 2.34. The van der Waals surface area contributed by atoms with Gasteiger partial charge in [0.25, 0.3) is 0 Å². The minimum Gasteiger partial charge on any atom is -0.381 e. The molecule has 1 aromatic carbocycles. The maximum absolute atomic E-state index is 14.0. The summed E-state index contributed by atoms with van der Waals surface area (Å²) in [6, 6.07) is 3.71. The second kappa shape index (κ2) is 6.41. The van der Waals surface area contributed by atoms with Gasteiger partial charge in [0.15, 0.2) is 0 Å². The molecule has 118 valence electrons. The van der Waals surface area contributed by atoms with Crippen LogP contribution >= 0.6 is 0 Å². The number of halogens is 2. The van der Waals surface area contributed by atoms with E-state index in [0.717, 1.165) is 19.4 Å². The standard InChI is InChI=1S/C17H25F2NO/c1-16(2,3)20-12-17(6-8-21-9-7-17)11-13-10-14(18)4-5-15(13)19/h4-5,10,20H,6-9,11-12H2,1-3H3. The zero-order chi connectivity index (χ0) is 15.5. The molecule has 0 bridgehead atoms. The molecule has 1 aromatic rings. The molecular weight excluding hydrogens is 272 g/mol. The fourth-order valence-electron chi connectivity index (χ4n) is 2.76. The van der Waals surface area contributed by atoms with Crippen LogP contribution in [0.15, 0.2) is 18.2 Å². The molecule has 1 heterocycles. The maximum atomic E-state index is 14.0. The summed E-state index contributed by atoms with van der Waals surface area (Å²) >= 11 is 0. The van der Waals surface area contributed by atoms with Gasteiger partial charge in [0.2, 0.25) is 0 Å². The average Bonchev–Trinajstić information content (AvgIpc) is 2.41. The van der Waals surface area contributed by atoms with E-state index in [0.29, 0.717) is 25.2 Å². The van der Waals surface area contributed by atoms with E-state index in [9.17, 15) is 8.78 Å². The quantitative estimate of drug-likeness (QED) is 0.915. The van der Waals surface area contributed by atoms with Crippen molar-refractivity contribution in [3.05, 3.63) is 35.4 Å². The van der Waals surface area contributed by atoms with Crippen molar-refractivity contribution in [3.8, 4) is 0 Å². The molecule has 0 atom stereocenters. The van der Waals surface area contributed by atoms with Crippen LogP contribution < -0.4 is 5.32 Å². The third-order valence-electron chi connectivity index (χ3n) is 4.12. The number of nitrogens with one attached hydrogen (secondary N) is 1. The first kappa shape index (κ1) is 16.4. The van der Waals surface area contributed by atoms with Crippen LogP contribution in [0.5, 0.6) is 0 Å². The first-order chi connectivity index (χ1) is 9.80. The third kappa shape index (κ3) is 4.75. The van der Waals surface area contributed by atoms with Crippen LogP contribution in [0.25, 0.3) is 0 Å². The third-order valence-corrected chi connectivity index (χ3v) is 4.12. The SMILES string of the molecule is CC(C)(C)NCC1(Cc2cc(F)ccc2F)CCOCC1. The molecule has 4 heteroatoms. The van der Waals surface area contributed by atoms with Gasteiger partial charge in [-0.2, -0.15) is 0 Å². The Hall–Kier alpha value is -1.00. The Morgan fingerprint density at radius 2 is 1.86 bits per heavy atom. The van der Waals surface area contributed by atoms with E-state index in [4.69, 9.17) is 4.74 Å². The highest BCUT2D eigenvalue weighted by Crippen LogP contribution is 2.35. The topological polar surface area (TPSA) is 21.3 Å².